The molecule has 0 saturated heterocycles. The zero-order chi connectivity index (χ0) is 21.1. The number of pyridine rings is 1. The Morgan fingerprint density at radius 2 is 1.93 bits per heavy atom. The molecule has 6 nitrogen and oxygen atoms in total. The molecular weight excluding hydrogens is 402 g/mol. The molecule has 1 N–H and O–H groups in total. The van der Waals surface area contributed by atoms with Crippen molar-refractivity contribution >= 4 is 28.8 Å². The van der Waals surface area contributed by atoms with Crippen molar-refractivity contribution in [3.05, 3.63) is 77.6 Å². The summed E-state index contributed by atoms with van der Waals surface area (Å²) in [6.07, 6.45) is 3.92. The zero-order valence-corrected chi connectivity index (χ0v) is 17.3. The van der Waals surface area contributed by atoms with Crippen molar-refractivity contribution in [1.29, 1.82) is 0 Å². The first-order valence-electron chi connectivity index (χ1n) is 9.34. The van der Waals surface area contributed by atoms with Gasteiger partial charge in [-0.3, -0.25) is 4.79 Å². The quantitative estimate of drug-likeness (QED) is 0.476. The number of carbonyl (C=O) groups is 1. The van der Waals surface area contributed by atoms with Gasteiger partial charge in [0.1, 0.15) is 17.1 Å². The van der Waals surface area contributed by atoms with Crippen LogP contribution in [0.2, 0.25) is 5.02 Å². The summed E-state index contributed by atoms with van der Waals surface area (Å²) in [4.78, 5) is 17.1. The largest absolute Gasteiger partial charge is 0.495 e. The number of nitrogens with one attached hydrogen (secondary N) is 1. The van der Waals surface area contributed by atoms with Crippen LogP contribution in [-0.4, -0.2) is 29.0 Å². The molecule has 1 amide bonds. The van der Waals surface area contributed by atoms with E-state index in [1.54, 1.807) is 37.4 Å². The lowest BCUT2D eigenvalue weighted by Crippen LogP contribution is -2.20. The van der Waals surface area contributed by atoms with Crippen molar-refractivity contribution in [2.24, 2.45) is 0 Å². The first-order valence-corrected chi connectivity index (χ1v) is 9.71. The van der Waals surface area contributed by atoms with Gasteiger partial charge in [0.2, 0.25) is 0 Å². The topological polar surface area (TPSA) is 64.9 Å². The van der Waals surface area contributed by atoms with Gasteiger partial charge in [-0.1, -0.05) is 11.6 Å². The van der Waals surface area contributed by atoms with Crippen LogP contribution < -0.4 is 14.8 Å². The number of aromatic nitrogens is 2. The number of ether oxygens (including phenoxy) is 2. The lowest BCUT2D eigenvalue weighted by molar-refractivity contribution is -0.118. The molecule has 152 valence electrons. The van der Waals surface area contributed by atoms with Gasteiger partial charge in [0, 0.05) is 23.0 Å². The molecule has 2 heterocycles. The van der Waals surface area contributed by atoms with E-state index in [1.165, 1.54) is 0 Å². The maximum Gasteiger partial charge on any atom is 0.262 e. The standard InChI is InChI=1S/C23H20ClN3O3/c1-15-9-10-27-13-20(25-22(27)11-15)16-3-8-21(29-2)19(12-16)26-23(28)14-30-18-6-4-17(24)5-7-18/h3-13H,14H2,1-2H3,(H,26,28). The highest BCUT2D eigenvalue weighted by Gasteiger charge is 2.12. The average molecular weight is 422 g/mol. The van der Waals surface area contributed by atoms with Crippen LogP contribution in [0.5, 0.6) is 11.5 Å². The fraction of sp³-hybridized carbons (Fsp3) is 0.130. The Labute approximate surface area is 179 Å². The molecule has 0 aliphatic heterocycles. The number of aryl methyl sites for hydroxylation is 1. The summed E-state index contributed by atoms with van der Waals surface area (Å²) >= 11 is 5.86. The second-order valence-electron chi connectivity index (χ2n) is 6.80. The van der Waals surface area contributed by atoms with Crippen molar-refractivity contribution in [3.63, 3.8) is 0 Å². The first kappa shape index (κ1) is 19.8. The Morgan fingerprint density at radius 3 is 2.70 bits per heavy atom. The molecular formula is C23H20ClN3O3. The summed E-state index contributed by atoms with van der Waals surface area (Å²) in [6.45, 7) is 1.89. The number of imidazole rings is 1. The molecule has 4 rings (SSSR count). The molecule has 7 heteroatoms. The van der Waals surface area contributed by atoms with Crippen LogP contribution in [0.15, 0.2) is 67.0 Å². The van der Waals surface area contributed by atoms with Gasteiger partial charge >= 0.3 is 0 Å². The Morgan fingerprint density at radius 1 is 1.13 bits per heavy atom. The van der Waals surface area contributed by atoms with Gasteiger partial charge in [-0.25, -0.2) is 4.98 Å². The van der Waals surface area contributed by atoms with E-state index < -0.39 is 0 Å². The van der Waals surface area contributed by atoms with Gasteiger partial charge < -0.3 is 19.2 Å². The molecule has 0 radical (unpaired) electrons. The van der Waals surface area contributed by atoms with Crippen LogP contribution in [0.3, 0.4) is 0 Å². The number of halogens is 1. The van der Waals surface area contributed by atoms with E-state index in [2.05, 4.69) is 10.3 Å². The molecule has 30 heavy (non-hydrogen) atoms. The number of rotatable bonds is 6. The molecule has 0 unspecified atom stereocenters. The minimum atomic E-state index is -0.300. The maximum absolute atomic E-state index is 12.4. The number of hydrogen-bond donors (Lipinski definition) is 1. The summed E-state index contributed by atoms with van der Waals surface area (Å²) in [5.41, 5.74) is 4.22. The molecule has 0 fully saturated rings. The molecule has 0 bridgehead atoms. The molecule has 0 atom stereocenters. The van der Waals surface area contributed by atoms with Crippen LogP contribution >= 0.6 is 11.6 Å². The first-order chi connectivity index (χ1) is 14.5. The highest BCUT2D eigenvalue weighted by Crippen LogP contribution is 2.30. The molecule has 0 spiro atoms. The Balaban J connectivity index is 1.53. The van der Waals surface area contributed by atoms with Gasteiger partial charge in [0.05, 0.1) is 18.5 Å². The molecule has 0 aliphatic rings. The summed E-state index contributed by atoms with van der Waals surface area (Å²) < 4.78 is 12.9. The predicted molar refractivity (Wildman–Crippen MR) is 117 cm³/mol. The average Bonchev–Trinajstić information content (AvgIpc) is 3.16. The predicted octanol–water partition coefficient (Wildman–Crippen LogP) is 4.99. The van der Waals surface area contributed by atoms with E-state index >= 15 is 0 Å². The van der Waals surface area contributed by atoms with Crippen molar-refractivity contribution in [1.82, 2.24) is 9.38 Å². The maximum atomic E-state index is 12.4. The monoisotopic (exact) mass is 421 g/mol. The SMILES string of the molecule is COc1ccc(-c2cn3ccc(C)cc3n2)cc1NC(=O)COc1ccc(Cl)cc1. The Bertz CT molecular complexity index is 1200. The van der Waals surface area contributed by atoms with Crippen molar-refractivity contribution in [2.75, 3.05) is 19.0 Å². The van der Waals surface area contributed by atoms with Crippen molar-refractivity contribution in [3.8, 4) is 22.8 Å². The molecule has 2 aromatic heterocycles. The number of methoxy groups -OCH3 is 1. The summed E-state index contributed by atoms with van der Waals surface area (Å²) in [5, 5.41) is 3.45. The van der Waals surface area contributed by atoms with Gasteiger partial charge in [0.15, 0.2) is 6.61 Å². The van der Waals surface area contributed by atoms with Crippen molar-refractivity contribution < 1.29 is 14.3 Å². The zero-order valence-electron chi connectivity index (χ0n) is 16.6. The van der Waals surface area contributed by atoms with E-state index in [0.717, 1.165) is 22.5 Å². The Hall–Kier alpha value is -3.51. The number of nitrogens with zero attached hydrogens (tertiary/aromatic N) is 2. The second kappa shape index (κ2) is 8.47. The van der Waals surface area contributed by atoms with E-state index in [4.69, 9.17) is 21.1 Å². The van der Waals surface area contributed by atoms with E-state index in [9.17, 15) is 4.79 Å². The molecule has 2 aromatic carbocycles. The molecule has 4 aromatic rings. The molecule has 0 aliphatic carbocycles. The number of fused-ring (bicyclic) bond motifs is 1. The third kappa shape index (κ3) is 4.39. The summed E-state index contributed by atoms with van der Waals surface area (Å²) in [5.74, 6) is 0.819. The number of hydrogen-bond acceptors (Lipinski definition) is 4. The minimum absolute atomic E-state index is 0.136. The Kier molecular flexibility index (Phi) is 5.59. The van der Waals surface area contributed by atoms with Crippen LogP contribution in [0, 0.1) is 6.92 Å². The van der Waals surface area contributed by atoms with Crippen LogP contribution in [0.25, 0.3) is 16.9 Å². The second-order valence-corrected chi connectivity index (χ2v) is 7.24. The lowest BCUT2D eigenvalue weighted by Gasteiger charge is -2.12. The lowest BCUT2D eigenvalue weighted by atomic mass is 10.1. The fourth-order valence-corrected chi connectivity index (χ4v) is 3.18. The van der Waals surface area contributed by atoms with E-state index in [0.29, 0.717) is 22.2 Å². The third-order valence-electron chi connectivity index (χ3n) is 4.57. The number of anilines is 1. The van der Waals surface area contributed by atoms with Crippen molar-refractivity contribution in [2.45, 2.75) is 6.92 Å². The number of amides is 1. The highest BCUT2D eigenvalue weighted by molar-refractivity contribution is 6.30. The summed E-state index contributed by atoms with van der Waals surface area (Å²) in [6, 6.07) is 16.4. The van der Waals surface area contributed by atoms with Gasteiger partial charge in [0.25, 0.3) is 5.91 Å². The van der Waals surface area contributed by atoms with E-state index in [-0.39, 0.29) is 12.5 Å². The van der Waals surface area contributed by atoms with Gasteiger partial charge in [-0.15, -0.1) is 0 Å². The summed E-state index contributed by atoms with van der Waals surface area (Å²) in [7, 11) is 1.56. The van der Waals surface area contributed by atoms with Crippen LogP contribution in [-0.2, 0) is 4.79 Å². The molecule has 0 saturated carbocycles. The smallest absolute Gasteiger partial charge is 0.262 e. The van der Waals surface area contributed by atoms with E-state index in [1.807, 2.05) is 48.0 Å². The third-order valence-corrected chi connectivity index (χ3v) is 4.82. The number of benzene rings is 2. The normalized spacial score (nSPS) is 10.8. The number of carbonyl (C=O) groups excluding carboxylic acids is 1. The highest BCUT2D eigenvalue weighted by atomic mass is 35.5. The van der Waals surface area contributed by atoms with Crippen LogP contribution in [0.1, 0.15) is 5.56 Å². The van der Waals surface area contributed by atoms with Gasteiger partial charge in [-0.2, -0.15) is 0 Å². The van der Waals surface area contributed by atoms with Crippen LogP contribution in [0.4, 0.5) is 5.69 Å². The van der Waals surface area contributed by atoms with Gasteiger partial charge in [-0.05, 0) is 67.1 Å². The fourth-order valence-electron chi connectivity index (χ4n) is 3.05. The minimum Gasteiger partial charge on any atom is -0.495 e.